The molecule has 21 heavy (non-hydrogen) atoms. The summed E-state index contributed by atoms with van der Waals surface area (Å²) < 4.78 is 6.12. The Hall–Kier alpha value is -2.01. The Labute approximate surface area is 127 Å². The number of hydrogen-bond acceptors (Lipinski definition) is 4. The molecule has 5 heteroatoms. The van der Waals surface area contributed by atoms with Crippen molar-refractivity contribution in [1.82, 2.24) is 9.97 Å². The molecule has 0 amide bonds. The third kappa shape index (κ3) is 4.49. The summed E-state index contributed by atoms with van der Waals surface area (Å²) in [5.41, 5.74) is 3.63. The molecule has 0 N–H and O–H groups in total. The highest BCUT2D eigenvalue weighted by Crippen LogP contribution is 2.30. The van der Waals surface area contributed by atoms with Crippen LogP contribution in [0.4, 0.5) is 5.69 Å². The van der Waals surface area contributed by atoms with Crippen molar-refractivity contribution >= 4 is 20.2 Å². The fourth-order valence-electron chi connectivity index (χ4n) is 1.82. The van der Waals surface area contributed by atoms with E-state index in [2.05, 4.69) is 41.5 Å². The Kier molecular flexibility index (Phi) is 4.52. The van der Waals surface area contributed by atoms with Gasteiger partial charge in [0.1, 0.15) is 17.1 Å². The Morgan fingerprint density at radius 2 is 1.81 bits per heavy atom. The lowest BCUT2D eigenvalue weighted by Gasteiger charge is -2.20. The molecule has 2 rings (SSSR count). The van der Waals surface area contributed by atoms with Gasteiger partial charge >= 0.3 is 0 Å². The molecule has 0 unspecified atom stereocenters. The van der Waals surface area contributed by atoms with Crippen molar-refractivity contribution in [1.29, 1.82) is 0 Å². The molecule has 0 aliphatic carbocycles. The van der Waals surface area contributed by atoms with E-state index in [9.17, 15) is 0 Å². The van der Waals surface area contributed by atoms with Gasteiger partial charge in [0.15, 0.2) is 0 Å². The summed E-state index contributed by atoms with van der Waals surface area (Å²) in [4.78, 5) is 13.0. The number of aryl methyl sites for hydroxylation is 2. The molecular weight excluding hydrogens is 278 g/mol. The fourth-order valence-corrected chi connectivity index (χ4v) is 2.64. The number of benzene rings is 1. The maximum absolute atomic E-state index is 6.12. The quantitative estimate of drug-likeness (QED) is 0.632. The maximum Gasteiger partial charge on any atom is 0.242 e. The van der Waals surface area contributed by atoms with Gasteiger partial charge in [0.05, 0.1) is 11.9 Å². The van der Waals surface area contributed by atoms with Crippen molar-refractivity contribution in [3.05, 3.63) is 47.5 Å². The number of rotatable bonds is 4. The number of hydrogen-bond donors (Lipinski definition) is 0. The highest BCUT2D eigenvalue weighted by molar-refractivity contribution is 6.70. The van der Waals surface area contributed by atoms with Gasteiger partial charge in [-0.3, -0.25) is 15.0 Å². The van der Waals surface area contributed by atoms with Gasteiger partial charge in [-0.1, -0.05) is 6.07 Å². The van der Waals surface area contributed by atoms with Crippen molar-refractivity contribution < 1.29 is 4.43 Å². The molecule has 0 atom stereocenters. The molecule has 0 saturated heterocycles. The monoisotopic (exact) mass is 299 g/mol. The molecule has 110 valence electrons. The summed E-state index contributed by atoms with van der Waals surface area (Å²) in [6, 6.07) is 6.05. The summed E-state index contributed by atoms with van der Waals surface area (Å²) in [5.74, 6) is 0.840. The molecule has 1 aromatic heterocycles. The highest BCUT2D eigenvalue weighted by atomic mass is 28.4. The van der Waals surface area contributed by atoms with E-state index in [0.29, 0.717) is 0 Å². The standard InChI is InChI=1S/C16H21N3OSi/c1-12-6-7-14(16(10-12)20-21(3,4)5)19-11-15-13(2)17-8-9-18-15/h6-11H,1-5H3. The predicted molar refractivity (Wildman–Crippen MR) is 89.2 cm³/mol. The van der Waals surface area contributed by atoms with Crippen molar-refractivity contribution in [3.8, 4) is 5.75 Å². The zero-order valence-corrected chi connectivity index (χ0v) is 14.2. The summed E-state index contributed by atoms with van der Waals surface area (Å²) in [6.07, 6.45) is 5.09. The van der Waals surface area contributed by atoms with Crippen molar-refractivity contribution in [2.75, 3.05) is 0 Å². The smallest absolute Gasteiger partial charge is 0.242 e. The van der Waals surface area contributed by atoms with Crippen LogP contribution in [0.3, 0.4) is 0 Å². The van der Waals surface area contributed by atoms with Crippen molar-refractivity contribution in [3.63, 3.8) is 0 Å². The van der Waals surface area contributed by atoms with Crippen LogP contribution in [-0.2, 0) is 0 Å². The van der Waals surface area contributed by atoms with Crippen molar-refractivity contribution in [2.24, 2.45) is 4.99 Å². The van der Waals surface area contributed by atoms with Gasteiger partial charge in [-0.2, -0.15) is 0 Å². The average Bonchev–Trinajstić information content (AvgIpc) is 2.38. The molecule has 0 bridgehead atoms. The third-order valence-corrected chi connectivity index (χ3v) is 3.61. The molecule has 0 aliphatic heterocycles. The largest absolute Gasteiger partial charge is 0.543 e. The van der Waals surface area contributed by atoms with Gasteiger partial charge in [0, 0.05) is 12.4 Å². The Morgan fingerprint density at radius 3 is 2.48 bits per heavy atom. The van der Waals surface area contributed by atoms with Gasteiger partial charge < -0.3 is 4.43 Å². The first kappa shape index (κ1) is 15.4. The zero-order chi connectivity index (χ0) is 15.5. The summed E-state index contributed by atoms with van der Waals surface area (Å²) in [5, 5.41) is 0. The molecule has 0 saturated carbocycles. The van der Waals surface area contributed by atoms with Crippen LogP contribution in [0.5, 0.6) is 5.75 Å². The Bertz CT molecular complexity index is 663. The van der Waals surface area contributed by atoms with Gasteiger partial charge in [-0.05, 0) is 51.2 Å². The van der Waals surface area contributed by atoms with Gasteiger partial charge in [-0.25, -0.2) is 0 Å². The SMILES string of the molecule is Cc1ccc(N=Cc2nccnc2C)c(O[Si](C)(C)C)c1. The van der Waals surface area contributed by atoms with Crippen LogP contribution < -0.4 is 4.43 Å². The zero-order valence-electron chi connectivity index (χ0n) is 13.2. The molecule has 0 fully saturated rings. The second-order valence-corrected chi connectivity index (χ2v) is 10.4. The lowest BCUT2D eigenvalue weighted by Crippen LogP contribution is -2.29. The van der Waals surface area contributed by atoms with E-state index in [1.165, 1.54) is 0 Å². The number of nitrogens with zero attached hydrogens (tertiary/aromatic N) is 3. The lowest BCUT2D eigenvalue weighted by atomic mass is 10.2. The molecule has 2 aromatic rings. The van der Waals surface area contributed by atoms with Gasteiger partial charge in [-0.15, -0.1) is 0 Å². The fraction of sp³-hybridized carbons (Fsp3) is 0.312. The summed E-state index contributed by atoms with van der Waals surface area (Å²) in [7, 11) is -1.67. The van der Waals surface area contributed by atoms with Crippen LogP contribution in [0.25, 0.3) is 0 Å². The van der Waals surface area contributed by atoms with E-state index in [1.807, 2.05) is 25.1 Å². The van der Waals surface area contributed by atoms with Crippen LogP contribution in [0.15, 0.2) is 35.6 Å². The molecule has 0 spiro atoms. The van der Waals surface area contributed by atoms with Crippen molar-refractivity contribution in [2.45, 2.75) is 33.5 Å². The van der Waals surface area contributed by atoms with E-state index in [4.69, 9.17) is 4.43 Å². The van der Waals surface area contributed by atoms with E-state index in [1.54, 1.807) is 18.6 Å². The predicted octanol–water partition coefficient (Wildman–Crippen LogP) is 4.06. The third-order valence-electron chi connectivity index (χ3n) is 2.78. The van der Waals surface area contributed by atoms with Crippen LogP contribution in [0, 0.1) is 13.8 Å². The maximum atomic E-state index is 6.12. The second-order valence-electron chi connectivity index (χ2n) is 5.97. The number of aliphatic imine (C=N–C) groups is 1. The summed E-state index contributed by atoms with van der Waals surface area (Å²) in [6.45, 7) is 10.5. The first-order chi connectivity index (χ1) is 9.85. The first-order valence-corrected chi connectivity index (χ1v) is 10.4. The van der Waals surface area contributed by atoms with E-state index >= 15 is 0 Å². The molecule has 0 aliphatic rings. The molecule has 1 heterocycles. The summed E-state index contributed by atoms with van der Waals surface area (Å²) >= 11 is 0. The average molecular weight is 299 g/mol. The van der Waals surface area contributed by atoms with Gasteiger partial charge in [0.25, 0.3) is 0 Å². The van der Waals surface area contributed by atoms with Crippen LogP contribution in [-0.4, -0.2) is 24.5 Å². The first-order valence-electron chi connectivity index (χ1n) is 6.96. The van der Waals surface area contributed by atoms with Crippen LogP contribution >= 0.6 is 0 Å². The minimum atomic E-state index is -1.67. The van der Waals surface area contributed by atoms with Crippen LogP contribution in [0.2, 0.25) is 19.6 Å². The topological polar surface area (TPSA) is 47.4 Å². The van der Waals surface area contributed by atoms with E-state index in [-0.39, 0.29) is 0 Å². The molecular formula is C16H21N3OSi. The highest BCUT2D eigenvalue weighted by Gasteiger charge is 2.18. The Balaban J connectivity index is 2.34. The molecule has 4 nitrogen and oxygen atoms in total. The molecule has 1 aromatic carbocycles. The normalized spacial score (nSPS) is 11.9. The minimum Gasteiger partial charge on any atom is -0.543 e. The second kappa shape index (κ2) is 6.18. The van der Waals surface area contributed by atoms with E-state index < -0.39 is 8.32 Å². The Morgan fingerprint density at radius 1 is 1.10 bits per heavy atom. The molecule has 0 radical (unpaired) electrons. The minimum absolute atomic E-state index is 0.775. The van der Waals surface area contributed by atoms with E-state index in [0.717, 1.165) is 28.4 Å². The van der Waals surface area contributed by atoms with Gasteiger partial charge in [0.2, 0.25) is 8.32 Å². The number of aromatic nitrogens is 2. The van der Waals surface area contributed by atoms with Crippen LogP contribution in [0.1, 0.15) is 17.0 Å². The lowest BCUT2D eigenvalue weighted by molar-refractivity contribution is 0.558.